The van der Waals surface area contributed by atoms with Gasteiger partial charge in [-0.05, 0) is 31.5 Å². The van der Waals surface area contributed by atoms with Crippen molar-refractivity contribution in [3.05, 3.63) is 51.2 Å². The zero-order valence-corrected chi connectivity index (χ0v) is 18.2. The third-order valence-corrected chi connectivity index (χ3v) is 6.26. The third-order valence-electron chi connectivity index (χ3n) is 5.13. The second kappa shape index (κ2) is 10.7. The average molecular weight is 420 g/mol. The highest BCUT2D eigenvalue weighted by Crippen LogP contribution is 2.21. The molecule has 0 radical (unpaired) electrons. The number of hydrogen-bond acceptors (Lipinski definition) is 5. The van der Waals surface area contributed by atoms with Crippen LogP contribution in [-0.4, -0.2) is 62.3 Å². The van der Waals surface area contributed by atoms with Crippen LogP contribution >= 0.6 is 11.3 Å². The van der Waals surface area contributed by atoms with Gasteiger partial charge in [-0.15, -0.1) is 11.3 Å². The Balaban J connectivity index is 1.56. The second-order valence-corrected chi connectivity index (χ2v) is 8.38. The minimum atomic E-state index is -0.215. The smallest absolute Gasteiger partial charge is 0.191 e. The quantitative estimate of drug-likeness (QED) is 0.534. The van der Waals surface area contributed by atoms with Gasteiger partial charge in [0.05, 0.1) is 30.0 Å². The van der Waals surface area contributed by atoms with Crippen LogP contribution in [-0.2, 0) is 11.2 Å². The van der Waals surface area contributed by atoms with Crippen LogP contribution in [0.15, 0.2) is 29.3 Å². The Labute approximate surface area is 176 Å². The fourth-order valence-electron chi connectivity index (χ4n) is 3.38. The van der Waals surface area contributed by atoms with Gasteiger partial charge >= 0.3 is 0 Å². The van der Waals surface area contributed by atoms with Crippen LogP contribution in [0.4, 0.5) is 4.39 Å². The van der Waals surface area contributed by atoms with E-state index in [1.807, 2.05) is 19.1 Å². The molecule has 0 spiro atoms. The Kier molecular flexibility index (Phi) is 7.97. The van der Waals surface area contributed by atoms with Crippen LogP contribution < -0.4 is 10.6 Å². The van der Waals surface area contributed by atoms with Crippen molar-refractivity contribution in [1.29, 1.82) is 0 Å². The lowest BCUT2D eigenvalue weighted by Gasteiger charge is -2.35. The first-order valence-electron chi connectivity index (χ1n) is 10.0. The lowest BCUT2D eigenvalue weighted by atomic mass is 10.0. The van der Waals surface area contributed by atoms with E-state index in [0.29, 0.717) is 6.54 Å². The SMILES string of the molecule is CN=C(NCCc1nc(C)c(C)s1)NCC(c1ccc(F)cc1)N1CCOCC1. The number of aliphatic imine (C=N–C) groups is 1. The number of rotatable bonds is 7. The maximum absolute atomic E-state index is 13.4. The molecule has 0 aliphatic carbocycles. The molecule has 1 saturated heterocycles. The van der Waals surface area contributed by atoms with Gasteiger partial charge in [-0.1, -0.05) is 12.1 Å². The molecule has 1 fully saturated rings. The van der Waals surface area contributed by atoms with Gasteiger partial charge in [0, 0.05) is 44.5 Å². The van der Waals surface area contributed by atoms with Gasteiger partial charge in [-0.25, -0.2) is 9.37 Å². The minimum Gasteiger partial charge on any atom is -0.379 e. The first-order valence-corrected chi connectivity index (χ1v) is 10.8. The highest BCUT2D eigenvalue weighted by molar-refractivity contribution is 7.11. The predicted octanol–water partition coefficient (Wildman–Crippen LogP) is 2.68. The summed E-state index contributed by atoms with van der Waals surface area (Å²) in [5.41, 5.74) is 2.20. The number of aromatic nitrogens is 1. The number of hydrogen-bond donors (Lipinski definition) is 2. The van der Waals surface area contributed by atoms with E-state index in [2.05, 4.69) is 32.4 Å². The number of morpholine rings is 1. The van der Waals surface area contributed by atoms with Crippen molar-refractivity contribution in [3.63, 3.8) is 0 Å². The summed E-state index contributed by atoms with van der Waals surface area (Å²) in [6, 6.07) is 6.89. The van der Waals surface area contributed by atoms with Crippen molar-refractivity contribution in [2.45, 2.75) is 26.3 Å². The predicted molar refractivity (Wildman–Crippen MR) is 116 cm³/mol. The molecule has 1 atom stereocenters. The number of aryl methyl sites for hydroxylation is 2. The fourth-order valence-corrected chi connectivity index (χ4v) is 4.31. The molecular weight excluding hydrogens is 389 g/mol. The average Bonchev–Trinajstić information content (AvgIpc) is 3.06. The van der Waals surface area contributed by atoms with E-state index < -0.39 is 0 Å². The number of nitrogens with zero attached hydrogens (tertiary/aromatic N) is 3. The van der Waals surface area contributed by atoms with Crippen molar-refractivity contribution < 1.29 is 9.13 Å². The minimum absolute atomic E-state index is 0.127. The Morgan fingerprint density at radius 1 is 1.24 bits per heavy atom. The number of nitrogens with one attached hydrogen (secondary N) is 2. The molecule has 0 bridgehead atoms. The summed E-state index contributed by atoms with van der Waals surface area (Å²) < 4.78 is 18.9. The van der Waals surface area contributed by atoms with Gasteiger partial charge in [0.2, 0.25) is 0 Å². The summed E-state index contributed by atoms with van der Waals surface area (Å²) in [4.78, 5) is 12.6. The summed E-state index contributed by atoms with van der Waals surface area (Å²) in [7, 11) is 1.77. The molecule has 2 aromatic rings. The topological polar surface area (TPSA) is 61.8 Å². The van der Waals surface area contributed by atoms with E-state index in [0.717, 1.165) is 61.5 Å². The van der Waals surface area contributed by atoms with Crippen LogP contribution in [0.2, 0.25) is 0 Å². The number of guanidine groups is 1. The summed E-state index contributed by atoms with van der Waals surface area (Å²) in [6.45, 7) is 8.76. The largest absolute Gasteiger partial charge is 0.379 e. The molecule has 29 heavy (non-hydrogen) atoms. The van der Waals surface area contributed by atoms with E-state index in [1.54, 1.807) is 18.4 Å². The highest BCUT2D eigenvalue weighted by atomic mass is 32.1. The molecule has 1 aliphatic rings. The molecule has 1 aliphatic heterocycles. The van der Waals surface area contributed by atoms with Crippen LogP contribution in [0.25, 0.3) is 0 Å². The summed E-state index contributed by atoms with van der Waals surface area (Å²) >= 11 is 1.75. The standard InChI is InChI=1S/C21H30FN5OS/c1-15-16(2)29-20(26-15)8-9-24-21(23-3)25-14-19(27-10-12-28-13-11-27)17-4-6-18(22)7-5-17/h4-7,19H,8-14H2,1-3H3,(H2,23,24,25). The van der Waals surface area contributed by atoms with E-state index in [4.69, 9.17) is 4.74 Å². The van der Waals surface area contributed by atoms with Gasteiger partial charge in [-0.3, -0.25) is 9.89 Å². The van der Waals surface area contributed by atoms with Crippen LogP contribution in [0.5, 0.6) is 0 Å². The van der Waals surface area contributed by atoms with Crippen molar-refractivity contribution in [3.8, 4) is 0 Å². The van der Waals surface area contributed by atoms with E-state index >= 15 is 0 Å². The van der Waals surface area contributed by atoms with Crippen molar-refractivity contribution in [2.24, 2.45) is 4.99 Å². The Bertz CT molecular complexity index is 782. The molecule has 6 nitrogen and oxygen atoms in total. The van der Waals surface area contributed by atoms with Gasteiger partial charge in [0.1, 0.15) is 5.82 Å². The molecule has 1 unspecified atom stereocenters. The Morgan fingerprint density at radius 3 is 2.59 bits per heavy atom. The van der Waals surface area contributed by atoms with Gasteiger partial charge in [0.15, 0.2) is 5.96 Å². The second-order valence-electron chi connectivity index (χ2n) is 7.09. The first-order chi connectivity index (χ1) is 14.1. The number of ether oxygens (including phenoxy) is 1. The molecule has 8 heteroatoms. The van der Waals surface area contributed by atoms with Gasteiger partial charge < -0.3 is 15.4 Å². The maximum atomic E-state index is 13.4. The van der Waals surface area contributed by atoms with E-state index in [-0.39, 0.29) is 11.9 Å². The van der Waals surface area contributed by atoms with Crippen molar-refractivity contribution in [2.75, 3.05) is 46.4 Å². The first kappa shape index (κ1) is 21.7. The molecule has 0 saturated carbocycles. The highest BCUT2D eigenvalue weighted by Gasteiger charge is 2.23. The van der Waals surface area contributed by atoms with Gasteiger partial charge in [-0.2, -0.15) is 0 Å². The van der Waals surface area contributed by atoms with Crippen molar-refractivity contribution >= 4 is 17.3 Å². The summed E-state index contributed by atoms with van der Waals surface area (Å²) in [5, 5.41) is 7.94. The Hall–Kier alpha value is -2.03. The molecule has 3 rings (SSSR count). The normalized spacial score (nSPS) is 16.6. The van der Waals surface area contributed by atoms with E-state index in [9.17, 15) is 4.39 Å². The molecule has 158 valence electrons. The zero-order valence-electron chi connectivity index (χ0n) is 17.4. The van der Waals surface area contributed by atoms with Crippen LogP contribution in [0.1, 0.15) is 27.2 Å². The fraction of sp³-hybridized carbons (Fsp3) is 0.524. The molecule has 1 aromatic heterocycles. The van der Waals surface area contributed by atoms with Crippen LogP contribution in [0.3, 0.4) is 0 Å². The molecule has 0 amide bonds. The number of thiazole rings is 1. The zero-order chi connectivity index (χ0) is 20.6. The monoisotopic (exact) mass is 419 g/mol. The summed E-state index contributed by atoms with van der Waals surface area (Å²) in [6.07, 6.45) is 0.866. The van der Waals surface area contributed by atoms with Crippen LogP contribution in [0, 0.1) is 19.7 Å². The van der Waals surface area contributed by atoms with Gasteiger partial charge in [0.25, 0.3) is 0 Å². The Morgan fingerprint density at radius 2 is 1.97 bits per heavy atom. The lowest BCUT2D eigenvalue weighted by molar-refractivity contribution is 0.0170. The van der Waals surface area contributed by atoms with E-state index in [1.165, 1.54) is 17.0 Å². The summed E-state index contributed by atoms with van der Waals surface area (Å²) in [5.74, 6) is 0.544. The molecular formula is C21H30FN5OS. The molecule has 2 heterocycles. The third kappa shape index (κ3) is 6.22. The van der Waals surface area contributed by atoms with Crippen molar-refractivity contribution in [1.82, 2.24) is 20.5 Å². The lowest BCUT2D eigenvalue weighted by Crippen LogP contribution is -2.46. The number of halogens is 1. The number of benzene rings is 1. The maximum Gasteiger partial charge on any atom is 0.191 e. The molecule has 1 aromatic carbocycles. The molecule has 2 N–H and O–H groups in total.